The van der Waals surface area contributed by atoms with Gasteiger partial charge in [0.25, 0.3) is 0 Å². The Morgan fingerprint density at radius 3 is 3.15 bits per heavy atom. The van der Waals surface area contributed by atoms with Gasteiger partial charge in [0.2, 0.25) is 6.41 Å². The summed E-state index contributed by atoms with van der Waals surface area (Å²) in [7, 11) is 0. The van der Waals surface area contributed by atoms with Gasteiger partial charge in [0.05, 0.1) is 12.2 Å². The number of carbonyl (C=O) groups is 2. The van der Waals surface area contributed by atoms with Crippen molar-refractivity contribution in [2.75, 3.05) is 11.9 Å². The summed E-state index contributed by atoms with van der Waals surface area (Å²) in [4.78, 5) is 21.4. The molecule has 13 heavy (non-hydrogen) atoms. The fraction of sp³-hybridized carbons (Fsp3) is 0.250. The minimum atomic E-state index is -0.409. The lowest BCUT2D eigenvalue weighted by atomic mass is 10.3. The van der Waals surface area contributed by atoms with Crippen molar-refractivity contribution in [3.8, 4) is 0 Å². The molecule has 0 aromatic carbocycles. The summed E-state index contributed by atoms with van der Waals surface area (Å²) in [5, 5.41) is 4.67. The van der Waals surface area contributed by atoms with Crippen LogP contribution in [0.25, 0.3) is 0 Å². The van der Waals surface area contributed by atoms with Crippen molar-refractivity contribution >= 4 is 28.7 Å². The Morgan fingerprint density at radius 2 is 2.54 bits per heavy atom. The molecule has 70 valence electrons. The Morgan fingerprint density at radius 1 is 1.77 bits per heavy atom. The summed E-state index contributed by atoms with van der Waals surface area (Å²) in [6, 6.07) is 1.62. The minimum absolute atomic E-state index is 0.329. The van der Waals surface area contributed by atoms with E-state index in [0.717, 1.165) is 0 Å². The van der Waals surface area contributed by atoms with E-state index >= 15 is 0 Å². The predicted molar refractivity (Wildman–Crippen MR) is 50.0 cm³/mol. The molecule has 0 bridgehead atoms. The van der Waals surface area contributed by atoms with Gasteiger partial charge in [-0.3, -0.25) is 4.79 Å². The molecule has 0 saturated carbocycles. The van der Waals surface area contributed by atoms with Crippen LogP contribution in [0.15, 0.2) is 11.4 Å². The average Bonchev–Trinajstić information content (AvgIpc) is 2.54. The molecule has 1 N–H and O–H groups in total. The number of nitrogens with one attached hydrogen (secondary N) is 1. The van der Waals surface area contributed by atoms with Crippen LogP contribution in [0.4, 0.5) is 5.00 Å². The molecule has 0 aliphatic carbocycles. The van der Waals surface area contributed by atoms with E-state index in [1.807, 2.05) is 0 Å². The van der Waals surface area contributed by atoms with Crippen LogP contribution in [0.5, 0.6) is 0 Å². The molecule has 0 fully saturated rings. The van der Waals surface area contributed by atoms with E-state index in [1.165, 1.54) is 11.3 Å². The Bertz CT molecular complexity index is 308. The fourth-order valence-corrected chi connectivity index (χ4v) is 1.58. The predicted octanol–water partition coefficient (Wildman–Crippen LogP) is 1.49. The zero-order valence-electron chi connectivity index (χ0n) is 7.07. The molecule has 0 unspecified atom stereocenters. The second-order valence-electron chi connectivity index (χ2n) is 2.15. The molecule has 1 heterocycles. The molecular formula is C8H9NO3S. The Labute approximate surface area is 79.5 Å². The van der Waals surface area contributed by atoms with Gasteiger partial charge in [0, 0.05) is 0 Å². The number of hydrogen-bond donors (Lipinski definition) is 1. The molecule has 0 radical (unpaired) electrons. The highest BCUT2D eigenvalue weighted by atomic mass is 32.1. The summed E-state index contributed by atoms with van der Waals surface area (Å²) in [5.41, 5.74) is 0.402. The summed E-state index contributed by atoms with van der Waals surface area (Å²) >= 11 is 1.29. The molecule has 0 aliphatic heterocycles. The van der Waals surface area contributed by atoms with Crippen molar-refractivity contribution < 1.29 is 14.3 Å². The third kappa shape index (κ3) is 2.29. The number of rotatable bonds is 4. The van der Waals surface area contributed by atoms with Crippen LogP contribution >= 0.6 is 11.3 Å². The van der Waals surface area contributed by atoms with Crippen LogP contribution in [-0.4, -0.2) is 19.0 Å². The van der Waals surface area contributed by atoms with Gasteiger partial charge < -0.3 is 10.1 Å². The first-order chi connectivity index (χ1) is 6.29. The van der Waals surface area contributed by atoms with Crippen molar-refractivity contribution in [2.24, 2.45) is 0 Å². The first kappa shape index (κ1) is 9.73. The molecule has 0 aliphatic rings. The second-order valence-corrected chi connectivity index (χ2v) is 3.06. The highest BCUT2D eigenvalue weighted by molar-refractivity contribution is 7.14. The largest absolute Gasteiger partial charge is 0.462 e. The number of amides is 1. The average molecular weight is 199 g/mol. The van der Waals surface area contributed by atoms with E-state index in [1.54, 1.807) is 18.4 Å². The van der Waals surface area contributed by atoms with Gasteiger partial charge in [-0.15, -0.1) is 11.3 Å². The molecule has 5 heteroatoms. The maximum absolute atomic E-state index is 11.2. The van der Waals surface area contributed by atoms with Gasteiger partial charge in [-0.2, -0.15) is 0 Å². The normalized spacial score (nSPS) is 9.31. The molecule has 0 spiro atoms. The van der Waals surface area contributed by atoms with Crippen molar-refractivity contribution in [1.29, 1.82) is 0 Å². The number of hydrogen-bond acceptors (Lipinski definition) is 4. The van der Waals surface area contributed by atoms with E-state index in [9.17, 15) is 9.59 Å². The maximum Gasteiger partial charge on any atom is 0.341 e. The zero-order chi connectivity index (χ0) is 9.68. The molecule has 1 aromatic rings. The Hall–Kier alpha value is -1.36. The topological polar surface area (TPSA) is 55.4 Å². The lowest BCUT2D eigenvalue weighted by molar-refractivity contribution is -0.105. The Kier molecular flexibility index (Phi) is 3.45. The third-order valence-corrected chi connectivity index (χ3v) is 2.20. The smallest absolute Gasteiger partial charge is 0.341 e. The van der Waals surface area contributed by atoms with E-state index in [0.29, 0.717) is 23.6 Å². The fourth-order valence-electron chi connectivity index (χ4n) is 0.844. The maximum atomic E-state index is 11.2. The number of esters is 1. The van der Waals surface area contributed by atoms with Crippen LogP contribution in [0.3, 0.4) is 0 Å². The highest BCUT2D eigenvalue weighted by Gasteiger charge is 2.12. The molecule has 0 saturated heterocycles. The molecule has 4 nitrogen and oxygen atoms in total. The van der Waals surface area contributed by atoms with E-state index in [4.69, 9.17) is 4.74 Å². The summed E-state index contributed by atoms with van der Waals surface area (Å²) in [5.74, 6) is -0.409. The molecule has 1 aromatic heterocycles. The summed E-state index contributed by atoms with van der Waals surface area (Å²) in [6.45, 7) is 2.06. The van der Waals surface area contributed by atoms with Gasteiger partial charge in [0.1, 0.15) is 5.00 Å². The van der Waals surface area contributed by atoms with Gasteiger partial charge >= 0.3 is 5.97 Å². The van der Waals surface area contributed by atoms with Crippen molar-refractivity contribution in [2.45, 2.75) is 6.92 Å². The van der Waals surface area contributed by atoms with Crippen molar-refractivity contribution in [1.82, 2.24) is 0 Å². The minimum Gasteiger partial charge on any atom is -0.462 e. The third-order valence-electron chi connectivity index (χ3n) is 1.35. The lowest BCUT2D eigenvalue weighted by Crippen LogP contribution is -2.06. The van der Waals surface area contributed by atoms with Crippen molar-refractivity contribution in [3.63, 3.8) is 0 Å². The van der Waals surface area contributed by atoms with Crippen molar-refractivity contribution in [3.05, 3.63) is 17.0 Å². The molecule has 0 atom stereocenters. The highest BCUT2D eigenvalue weighted by Crippen LogP contribution is 2.23. The Balaban J connectivity index is 2.80. The van der Waals surface area contributed by atoms with E-state index in [-0.39, 0.29) is 0 Å². The second kappa shape index (κ2) is 4.61. The van der Waals surface area contributed by atoms with Crippen LogP contribution < -0.4 is 5.32 Å². The van der Waals surface area contributed by atoms with E-state index < -0.39 is 5.97 Å². The molecular weight excluding hydrogens is 190 g/mol. The zero-order valence-corrected chi connectivity index (χ0v) is 7.89. The first-order valence-electron chi connectivity index (χ1n) is 3.74. The standard InChI is InChI=1S/C8H9NO3S/c1-2-12-8(11)6-3-4-13-7(6)9-5-10/h3-5H,2H2,1H3,(H,9,10). The van der Waals surface area contributed by atoms with Crippen LogP contribution in [0.1, 0.15) is 17.3 Å². The summed E-state index contributed by atoms with van der Waals surface area (Å²) < 4.78 is 4.79. The van der Waals surface area contributed by atoms with E-state index in [2.05, 4.69) is 5.32 Å². The van der Waals surface area contributed by atoms with Crippen LogP contribution in [0, 0.1) is 0 Å². The number of thiophene rings is 1. The number of carbonyl (C=O) groups excluding carboxylic acids is 2. The van der Waals surface area contributed by atoms with Gasteiger partial charge in [0.15, 0.2) is 0 Å². The number of anilines is 1. The quantitative estimate of drug-likeness (QED) is 0.590. The first-order valence-corrected chi connectivity index (χ1v) is 4.62. The lowest BCUT2D eigenvalue weighted by Gasteiger charge is -2.01. The van der Waals surface area contributed by atoms with Crippen LogP contribution in [-0.2, 0) is 9.53 Å². The van der Waals surface area contributed by atoms with Crippen LogP contribution in [0.2, 0.25) is 0 Å². The van der Waals surface area contributed by atoms with Gasteiger partial charge in [-0.05, 0) is 18.4 Å². The molecule has 1 amide bonds. The van der Waals surface area contributed by atoms with Gasteiger partial charge in [-0.25, -0.2) is 4.79 Å². The SMILES string of the molecule is CCOC(=O)c1ccsc1NC=O. The summed E-state index contributed by atoms with van der Waals surface area (Å²) in [6.07, 6.45) is 0.536. The van der Waals surface area contributed by atoms with Gasteiger partial charge in [-0.1, -0.05) is 0 Å². The monoisotopic (exact) mass is 199 g/mol. The molecule has 1 rings (SSSR count). The number of ether oxygens (including phenoxy) is 1.